The van der Waals surface area contributed by atoms with Gasteiger partial charge in [-0.15, -0.1) is 0 Å². The summed E-state index contributed by atoms with van der Waals surface area (Å²) >= 11 is 0. The largest absolute Gasteiger partial charge is 0.311 e. The maximum Gasteiger partial charge on any atom is 0.252 e. The van der Waals surface area contributed by atoms with Crippen LogP contribution in [0.15, 0.2) is 109 Å². The Bertz CT molecular complexity index is 2590. The zero-order valence-corrected chi connectivity index (χ0v) is 38.7. The van der Waals surface area contributed by atoms with Gasteiger partial charge in [-0.05, 0) is 169 Å². The molecule has 0 spiro atoms. The van der Waals surface area contributed by atoms with E-state index in [9.17, 15) is 0 Å². The van der Waals surface area contributed by atoms with Crippen LogP contribution in [-0.2, 0) is 34.5 Å². The Kier molecular flexibility index (Phi) is 9.44. The first kappa shape index (κ1) is 40.4. The SMILES string of the molecule is Cc1cc2c3c(c1)N(c1cc(C(C)(C)C)cc(C(C)(C)C)c1)c1cc4c(cc1B3c1ccc(-c3ccccc3)cc1N2c1cc(C(C)(C)C)cc(C(C)(C)C)c1)CCCC4. The van der Waals surface area contributed by atoms with Gasteiger partial charge in [0.15, 0.2) is 0 Å². The third-order valence-corrected chi connectivity index (χ3v) is 13.6. The van der Waals surface area contributed by atoms with Crippen molar-refractivity contribution >= 4 is 57.2 Å². The van der Waals surface area contributed by atoms with Gasteiger partial charge in [0, 0.05) is 34.1 Å². The zero-order valence-electron chi connectivity index (χ0n) is 38.7. The molecule has 2 aliphatic heterocycles. The average Bonchev–Trinajstić information content (AvgIpc) is 3.18. The van der Waals surface area contributed by atoms with Crippen LogP contribution in [0, 0.1) is 6.92 Å². The van der Waals surface area contributed by atoms with Crippen molar-refractivity contribution in [1.29, 1.82) is 0 Å². The lowest BCUT2D eigenvalue weighted by Crippen LogP contribution is -2.61. The second-order valence-electron chi connectivity index (χ2n) is 22.4. The molecule has 0 aromatic heterocycles. The molecule has 6 aromatic rings. The topological polar surface area (TPSA) is 6.48 Å². The lowest BCUT2D eigenvalue weighted by Gasteiger charge is -2.45. The summed E-state index contributed by atoms with van der Waals surface area (Å²) in [5, 5.41) is 0. The maximum absolute atomic E-state index is 2.67. The van der Waals surface area contributed by atoms with Gasteiger partial charge in [0.2, 0.25) is 0 Å². The molecule has 2 heterocycles. The van der Waals surface area contributed by atoms with Gasteiger partial charge in [-0.25, -0.2) is 0 Å². The number of fused-ring (bicyclic) bond motifs is 5. The summed E-state index contributed by atoms with van der Waals surface area (Å²) in [7, 11) is 0. The third kappa shape index (κ3) is 7.00. The number of rotatable bonds is 3. The van der Waals surface area contributed by atoms with E-state index in [-0.39, 0.29) is 28.4 Å². The van der Waals surface area contributed by atoms with Gasteiger partial charge in [-0.3, -0.25) is 0 Å². The molecule has 60 heavy (non-hydrogen) atoms. The molecule has 0 fully saturated rings. The highest BCUT2D eigenvalue weighted by molar-refractivity contribution is 7.00. The van der Waals surface area contributed by atoms with Crippen LogP contribution in [0.25, 0.3) is 11.1 Å². The minimum atomic E-state index is -0.0211. The molecular formula is C57H65BN2. The molecule has 0 unspecified atom stereocenters. The number of nitrogens with zero attached hydrogens (tertiary/aromatic N) is 2. The van der Waals surface area contributed by atoms with Gasteiger partial charge in [0.25, 0.3) is 6.71 Å². The monoisotopic (exact) mass is 789 g/mol. The zero-order chi connectivity index (χ0) is 42.7. The molecule has 3 heteroatoms. The summed E-state index contributed by atoms with van der Waals surface area (Å²) in [5.41, 5.74) is 24.2. The number of benzene rings is 6. The van der Waals surface area contributed by atoms with Gasteiger partial charge in [0.05, 0.1) is 0 Å². The van der Waals surface area contributed by atoms with Gasteiger partial charge >= 0.3 is 0 Å². The van der Waals surface area contributed by atoms with Crippen molar-refractivity contribution in [3.05, 3.63) is 148 Å². The fourth-order valence-corrected chi connectivity index (χ4v) is 9.94. The van der Waals surface area contributed by atoms with E-state index < -0.39 is 0 Å². The van der Waals surface area contributed by atoms with Crippen molar-refractivity contribution < 1.29 is 0 Å². The Morgan fingerprint density at radius 2 is 0.867 bits per heavy atom. The van der Waals surface area contributed by atoms with E-state index in [1.165, 1.54) is 113 Å². The molecule has 0 bridgehead atoms. The first-order valence-electron chi connectivity index (χ1n) is 22.6. The molecule has 0 atom stereocenters. The summed E-state index contributed by atoms with van der Waals surface area (Å²) in [6.07, 6.45) is 4.81. The minimum absolute atomic E-state index is 0.00587. The van der Waals surface area contributed by atoms with E-state index in [4.69, 9.17) is 0 Å². The average molecular weight is 789 g/mol. The lowest BCUT2D eigenvalue weighted by molar-refractivity contribution is 0.568. The van der Waals surface area contributed by atoms with Gasteiger partial charge in [-0.2, -0.15) is 0 Å². The van der Waals surface area contributed by atoms with Gasteiger partial charge < -0.3 is 9.80 Å². The standard InChI is InChI=1S/C57H65BN2/c1-36-25-51-53-52(26-36)60(46-34-43(56(8,9)10)31-44(35-46)57(11,12)13)50-28-39-22-18-17-21-38(39)27-48(50)58(53)47-24-23-40(37-19-15-14-16-20-37)29-49(47)59(51)45-32-41(54(2,3)4)30-42(33-45)55(5,6)7/h14-16,19-20,23-35H,17-18,21-22H2,1-13H3. The fraction of sp³-hybridized carbons (Fsp3) is 0.368. The smallest absolute Gasteiger partial charge is 0.252 e. The summed E-state index contributed by atoms with van der Waals surface area (Å²) in [6, 6.07) is 43.4. The third-order valence-electron chi connectivity index (χ3n) is 13.6. The van der Waals surface area contributed by atoms with E-state index in [1.807, 2.05) is 0 Å². The molecule has 3 aliphatic rings. The number of aryl methyl sites for hydroxylation is 3. The van der Waals surface area contributed by atoms with Gasteiger partial charge in [-0.1, -0.05) is 144 Å². The molecule has 6 aromatic carbocycles. The summed E-state index contributed by atoms with van der Waals surface area (Å²) in [6.45, 7) is 30.7. The fourth-order valence-electron chi connectivity index (χ4n) is 9.94. The van der Waals surface area contributed by atoms with Crippen LogP contribution in [0.3, 0.4) is 0 Å². The Balaban J connectivity index is 1.41. The highest BCUT2D eigenvalue weighted by Gasteiger charge is 2.44. The summed E-state index contributed by atoms with van der Waals surface area (Å²) in [5.74, 6) is 0. The molecule has 9 rings (SSSR count). The first-order chi connectivity index (χ1) is 28.2. The van der Waals surface area contributed by atoms with Crippen molar-refractivity contribution in [1.82, 2.24) is 0 Å². The van der Waals surface area contributed by atoms with Crippen LogP contribution in [0.5, 0.6) is 0 Å². The van der Waals surface area contributed by atoms with Crippen molar-refractivity contribution in [2.45, 2.75) is 137 Å². The van der Waals surface area contributed by atoms with Gasteiger partial charge in [0.1, 0.15) is 0 Å². The minimum Gasteiger partial charge on any atom is -0.311 e. The molecular weight excluding hydrogens is 723 g/mol. The van der Waals surface area contributed by atoms with Crippen LogP contribution in [0.2, 0.25) is 0 Å². The quantitative estimate of drug-likeness (QED) is 0.165. The van der Waals surface area contributed by atoms with E-state index in [1.54, 1.807) is 0 Å². The molecule has 306 valence electrons. The van der Waals surface area contributed by atoms with Crippen molar-refractivity contribution in [3.63, 3.8) is 0 Å². The highest BCUT2D eigenvalue weighted by Crippen LogP contribution is 2.48. The lowest BCUT2D eigenvalue weighted by atomic mass is 9.33. The Morgan fingerprint density at radius 1 is 0.417 bits per heavy atom. The second kappa shape index (κ2) is 14.0. The van der Waals surface area contributed by atoms with E-state index in [2.05, 4.69) is 209 Å². The van der Waals surface area contributed by atoms with Crippen molar-refractivity contribution in [3.8, 4) is 11.1 Å². The molecule has 0 saturated carbocycles. The van der Waals surface area contributed by atoms with E-state index in [0.29, 0.717) is 0 Å². The maximum atomic E-state index is 2.67. The summed E-state index contributed by atoms with van der Waals surface area (Å²) in [4.78, 5) is 5.31. The van der Waals surface area contributed by atoms with Crippen LogP contribution < -0.4 is 26.2 Å². The van der Waals surface area contributed by atoms with Crippen molar-refractivity contribution in [2.75, 3.05) is 9.80 Å². The molecule has 1 aliphatic carbocycles. The number of hydrogen-bond acceptors (Lipinski definition) is 2. The predicted molar refractivity (Wildman–Crippen MR) is 262 cm³/mol. The molecule has 0 saturated heterocycles. The normalized spacial score (nSPS) is 15.1. The van der Waals surface area contributed by atoms with Crippen LogP contribution in [0.1, 0.15) is 135 Å². The van der Waals surface area contributed by atoms with Crippen LogP contribution >= 0.6 is 0 Å². The Hall–Kier alpha value is -5.02. The second-order valence-corrected chi connectivity index (χ2v) is 22.4. The van der Waals surface area contributed by atoms with E-state index >= 15 is 0 Å². The first-order valence-corrected chi connectivity index (χ1v) is 22.6. The molecule has 2 nitrogen and oxygen atoms in total. The Labute approximate surface area is 362 Å². The summed E-state index contributed by atoms with van der Waals surface area (Å²) < 4.78 is 0. The molecule has 0 amide bonds. The molecule has 0 radical (unpaired) electrons. The van der Waals surface area contributed by atoms with Crippen molar-refractivity contribution in [2.24, 2.45) is 0 Å². The highest BCUT2D eigenvalue weighted by atomic mass is 15.2. The predicted octanol–water partition coefficient (Wildman–Crippen LogP) is 13.8. The Morgan fingerprint density at radius 3 is 1.33 bits per heavy atom. The van der Waals surface area contributed by atoms with Crippen LogP contribution in [-0.4, -0.2) is 6.71 Å². The number of anilines is 6. The van der Waals surface area contributed by atoms with E-state index in [0.717, 1.165) is 12.8 Å². The van der Waals surface area contributed by atoms with Crippen LogP contribution in [0.4, 0.5) is 34.1 Å². The number of hydrogen-bond donors (Lipinski definition) is 0. The molecule has 0 N–H and O–H groups in total.